The van der Waals surface area contributed by atoms with E-state index in [1.54, 1.807) is 0 Å². The predicted molar refractivity (Wildman–Crippen MR) is 155 cm³/mol. The van der Waals surface area contributed by atoms with Gasteiger partial charge in [0.1, 0.15) is 0 Å². The quantitative estimate of drug-likeness (QED) is 0.303. The van der Waals surface area contributed by atoms with E-state index in [1.807, 2.05) is 42.6 Å². The first kappa shape index (κ1) is 25.4. The molecule has 1 aromatic heterocycles. The Kier molecular flexibility index (Phi) is 7.46. The van der Waals surface area contributed by atoms with Gasteiger partial charge >= 0.3 is 0 Å². The number of hydrogen-bond donors (Lipinski definition) is 3. The molecule has 1 aliphatic heterocycles. The van der Waals surface area contributed by atoms with Crippen molar-refractivity contribution in [2.24, 2.45) is 11.8 Å². The molecule has 2 aliphatic rings. The van der Waals surface area contributed by atoms with Gasteiger partial charge in [-0.15, -0.1) is 0 Å². The number of carbonyl (C=O) groups excluding carboxylic acids is 2. The predicted octanol–water partition coefficient (Wildman–Crippen LogP) is 5.09. The molecule has 200 valence electrons. The highest BCUT2D eigenvalue weighted by Gasteiger charge is 2.35. The van der Waals surface area contributed by atoms with Crippen LogP contribution in [0.25, 0.3) is 10.9 Å². The molecular weight excluding hydrogens is 484 g/mol. The van der Waals surface area contributed by atoms with Gasteiger partial charge in [0.25, 0.3) is 0 Å². The molecule has 6 rings (SSSR count). The van der Waals surface area contributed by atoms with Crippen molar-refractivity contribution < 1.29 is 9.59 Å². The number of amides is 2. The number of nitrogens with one attached hydrogen (secondary N) is 3. The Balaban J connectivity index is 1.12. The molecular formula is C33H36N4O2. The Bertz CT molecular complexity index is 1460. The lowest BCUT2D eigenvalue weighted by atomic mass is 9.87. The minimum Gasteiger partial charge on any atom is -0.361 e. The number of fused-ring (bicyclic) bond motifs is 2. The summed E-state index contributed by atoms with van der Waals surface area (Å²) >= 11 is 0. The number of likely N-dealkylation sites (tertiary alicyclic amines) is 1. The molecule has 0 radical (unpaired) electrons. The van der Waals surface area contributed by atoms with Crippen LogP contribution >= 0.6 is 0 Å². The van der Waals surface area contributed by atoms with E-state index < -0.39 is 0 Å². The van der Waals surface area contributed by atoms with E-state index in [4.69, 9.17) is 0 Å². The summed E-state index contributed by atoms with van der Waals surface area (Å²) in [5, 5.41) is 7.53. The van der Waals surface area contributed by atoms with E-state index in [0.29, 0.717) is 26.1 Å². The molecule has 4 aromatic rings. The lowest BCUT2D eigenvalue weighted by molar-refractivity contribution is -0.130. The first-order valence-electron chi connectivity index (χ1n) is 14.1. The summed E-state index contributed by atoms with van der Waals surface area (Å²) in [4.78, 5) is 32.4. The number of piperidine rings is 1. The van der Waals surface area contributed by atoms with E-state index in [1.165, 1.54) is 34.1 Å². The van der Waals surface area contributed by atoms with Gasteiger partial charge in [0, 0.05) is 49.0 Å². The van der Waals surface area contributed by atoms with Crippen LogP contribution < -0.4 is 10.6 Å². The van der Waals surface area contributed by atoms with Crippen molar-refractivity contribution in [3.63, 3.8) is 0 Å². The minimum absolute atomic E-state index is 0.00213. The molecule has 0 spiro atoms. The van der Waals surface area contributed by atoms with Crippen LogP contribution in [0.4, 0.5) is 5.69 Å². The van der Waals surface area contributed by atoms with Gasteiger partial charge in [-0.3, -0.25) is 14.5 Å². The molecule has 1 aliphatic carbocycles. The van der Waals surface area contributed by atoms with Crippen LogP contribution in [0.3, 0.4) is 0 Å². The van der Waals surface area contributed by atoms with E-state index in [0.717, 1.165) is 37.0 Å². The van der Waals surface area contributed by atoms with Crippen molar-refractivity contribution in [2.45, 2.75) is 38.6 Å². The summed E-state index contributed by atoms with van der Waals surface area (Å²) < 4.78 is 0. The van der Waals surface area contributed by atoms with Gasteiger partial charge in [0.2, 0.25) is 11.8 Å². The number of benzene rings is 3. The van der Waals surface area contributed by atoms with Crippen molar-refractivity contribution in [2.75, 3.05) is 25.0 Å². The zero-order chi connectivity index (χ0) is 26.6. The van der Waals surface area contributed by atoms with Gasteiger partial charge in [-0.2, -0.15) is 0 Å². The van der Waals surface area contributed by atoms with Crippen LogP contribution in [0.2, 0.25) is 0 Å². The van der Waals surface area contributed by atoms with Gasteiger partial charge in [-0.25, -0.2) is 0 Å². The average molecular weight is 521 g/mol. The third-order valence-corrected chi connectivity index (χ3v) is 8.25. The molecule has 2 amide bonds. The standard InChI is InChI=1S/C33H36N4O2/c38-32(34-16-15-26-19-35-31-12-5-4-11-30(26)31)27-17-28(22-37(21-27)20-23-7-2-1-3-8-23)33(39)36-29-14-13-24-9-6-10-25(24)18-29/h1-5,7-8,11-14,18-19,27-28,35H,6,9-10,15-17,20-22H2,(H,34,38)(H,36,39)/t27-,28+/m0/s1. The smallest absolute Gasteiger partial charge is 0.228 e. The molecule has 2 heterocycles. The maximum absolute atomic E-state index is 13.5. The van der Waals surface area contributed by atoms with Crippen molar-refractivity contribution in [3.05, 3.63) is 101 Å². The zero-order valence-electron chi connectivity index (χ0n) is 22.3. The lowest BCUT2D eigenvalue weighted by Gasteiger charge is -2.36. The first-order chi connectivity index (χ1) is 19.1. The Hall–Kier alpha value is -3.90. The van der Waals surface area contributed by atoms with Gasteiger partial charge < -0.3 is 15.6 Å². The number of aryl methyl sites for hydroxylation is 2. The van der Waals surface area contributed by atoms with E-state index in [-0.39, 0.29) is 23.7 Å². The third kappa shape index (κ3) is 5.91. The highest BCUT2D eigenvalue weighted by Crippen LogP contribution is 2.28. The number of hydrogen-bond acceptors (Lipinski definition) is 3. The summed E-state index contributed by atoms with van der Waals surface area (Å²) in [6.45, 7) is 2.59. The van der Waals surface area contributed by atoms with Gasteiger partial charge in [0.15, 0.2) is 0 Å². The third-order valence-electron chi connectivity index (χ3n) is 8.25. The SMILES string of the molecule is O=C(NCCc1c[nH]c2ccccc12)[C@H]1C[C@@H](C(=O)Nc2ccc3c(c2)CCC3)CN(Cc2ccccc2)C1. The molecule has 6 nitrogen and oxygen atoms in total. The number of nitrogens with zero attached hydrogens (tertiary/aromatic N) is 1. The Morgan fingerprint density at radius 3 is 2.51 bits per heavy atom. The average Bonchev–Trinajstić information content (AvgIpc) is 3.60. The summed E-state index contributed by atoms with van der Waals surface area (Å²) in [5.74, 6) is -0.452. The molecule has 2 atom stereocenters. The summed E-state index contributed by atoms with van der Waals surface area (Å²) in [5.41, 5.74) is 7.10. The fraction of sp³-hybridized carbons (Fsp3) is 0.333. The van der Waals surface area contributed by atoms with Crippen LogP contribution in [0, 0.1) is 11.8 Å². The molecule has 0 saturated carbocycles. The Morgan fingerprint density at radius 2 is 1.64 bits per heavy atom. The number of rotatable bonds is 8. The normalized spacial score (nSPS) is 19.1. The molecule has 3 N–H and O–H groups in total. The van der Waals surface area contributed by atoms with Crippen LogP contribution in [0.5, 0.6) is 0 Å². The number of aromatic nitrogens is 1. The number of anilines is 1. The first-order valence-corrected chi connectivity index (χ1v) is 14.1. The Morgan fingerprint density at radius 1 is 0.872 bits per heavy atom. The molecule has 6 heteroatoms. The highest BCUT2D eigenvalue weighted by molar-refractivity contribution is 5.93. The van der Waals surface area contributed by atoms with Crippen LogP contribution in [-0.2, 0) is 35.4 Å². The largest absolute Gasteiger partial charge is 0.361 e. The molecule has 1 fully saturated rings. The fourth-order valence-corrected chi connectivity index (χ4v) is 6.24. The van der Waals surface area contributed by atoms with Gasteiger partial charge in [-0.05, 0) is 72.6 Å². The molecule has 3 aromatic carbocycles. The molecule has 1 saturated heterocycles. The molecule has 39 heavy (non-hydrogen) atoms. The summed E-state index contributed by atoms with van der Waals surface area (Å²) in [6.07, 6.45) is 6.73. The number of H-pyrrole nitrogens is 1. The molecule has 0 bridgehead atoms. The van der Waals surface area contributed by atoms with Gasteiger partial charge in [-0.1, -0.05) is 54.6 Å². The minimum atomic E-state index is -0.250. The van der Waals surface area contributed by atoms with Crippen molar-refractivity contribution in [3.8, 4) is 0 Å². The zero-order valence-corrected chi connectivity index (χ0v) is 22.3. The van der Waals surface area contributed by atoms with E-state index in [2.05, 4.69) is 56.9 Å². The lowest BCUT2D eigenvalue weighted by Crippen LogP contribution is -2.49. The van der Waals surface area contributed by atoms with Crippen molar-refractivity contribution >= 4 is 28.4 Å². The second kappa shape index (κ2) is 11.5. The summed E-state index contributed by atoms with van der Waals surface area (Å²) in [6, 6.07) is 24.8. The Labute approximate surface area is 229 Å². The number of para-hydroxylation sites is 1. The van der Waals surface area contributed by atoms with Crippen LogP contribution in [-0.4, -0.2) is 41.3 Å². The second-order valence-corrected chi connectivity index (χ2v) is 11.0. The van der Waals surface area contributed by atoms with Crippen LogP contribution in [0.15, 0.2) is 79.0 Å². The topological polar surface area (TPSA) is 77.2 Å². The van der Waals surface area contributed by atoms with Crippen molar-refractivity contribution in [1.82, 2.24) is 15.2 Å². The highest BCUT2D eigenvalue weighted by atomic mass is 16.2. The molecule has 0 unspecified atom stereocenters. The number of aromatic amines is 1. The van der Waals surface area contributed by atoms with Crippen LogP contribution in [0.1, 0.15) is 35.1 Å². The second-order valence-electron chi connectivity index (χ2n) is 11.0. The maximum atomic E-state index is 13.5. The maximum Gasteiger partial charge on any atom is 0.228 e. The number of carbonyl (C=O) groups is 2. The van der Waals surface area contributed by atoms with Gasteiger partial charge in [0.05, 0.1) is 11.8 Å². The monoisotopic (exact) mass is 520 g/mol. The van der Waals surface area contributed by atoms with E-state index in [9.17, 15) is 9.59 Å². The van der Waals surface area contributed by atoms with Crippen molar-refractivity contribution in [1.29, 1.82) is 0 Å². The summed E-state index contributed by atoms with van der Waals surface area (Å²) in [7, 11) is 0. The fourth-order valence-electron chi connectivity index (χ4n) is 6.24. The van der Waals surface area contributed by atoms with E-state index >= 15 is 0 Å².